The molecule has 1 aromatic rings. The van der Waals surface area contributed by atoms with Gasteiger partial charge in [-0.05, 0) is 37.1 Å². The number of fused-ring (bicyclic) bond motifs is 1. The van der Waals surface area contributed by atoms with Crippen LogP contribution in [0.1, 0.15) is 23.2 Å². The van der Waals surface area contributed by atoms with Crippen molar-refractivity contribution in [1.82, 2.24) is 9.80 Å². The van der Waals surface area contributed by atoms with Crippen molar-refractivity contribution in [3.63, 3.8) is 0 Å². The topological polar surface area (TPSA) is 35.9 Å². The number of carbonyl (C=O) groups is 1. The first kappa shape index (κ1) is 12.5. The van der Waals surface area contributed by atoms with E-state index in [2.05, 4.69) is 9.89 Å². The number of nitrogens with zero attached hydrogens (tertiary/aromatic N) is 3. The predicted molar refractivity (Wildman–Crippen MR) is 75.6 cm³/mol. The van der Waals surface area contributed by atoms with Crippen LogP contribution in [0.5, 0.6) is 0 Å². The molecule has 3 rings (SSSR count). The number of hydrogen-bond acceptors (Lipinski definition) is 3. The zero-order valence-corrected chi connectivity index (χ0v) is 11.4. The van der Waals surface area contributed by atoms with Crippen molar-refractivity contribution in [3.8, 4) is 0 Å². The summed E-state index contributed by atoms with van der Waals surface area (Å²) in [5, 5.41) is 0.645. The largest absolute Gasteiger partial charge is 0.342 e. The molecule has 0 atom stereocenters. The van der Waals surface area contributed by atoms with Crippen LogP contribution in [0.4, 0.5) is 0 Å². The fourth-order valence-electron chi connectivity index (χ4n) is 2.57. The Morgan fingerprint density at radius 3 is 2.63 bits per heavy atom. The van der Waals surface area contributed by atoms with Crippen LogP contribution in [-0.4, -0.2) is 47.8 Å². The van der Waals surface area contributed by atoms with Crippen molar-refractivity contribution in [1.29, 1.82) is 0 Å². The van der Waals surface area contributed by atoms with Crippen LogP contribution >= 0.6 is 11.6 Å². The van der Waals surface area contributed by atoms with Crippen LogP contribution in [0.3, 0.4) is 0 Å². The minimum Gasteiger partial charge on any atom is -0.342 e. The van der Waals surface area contributed by atoms with Gasteiger partial charge in [-0.3, -0.25) is 14.7 Å². The minimum absolute atomic E-state index is 0.0158. The molecule has 0 bridgehead atoms. The van der Waals surface area contributed by atoms with Crippen LogP contribution in [0.2, 0.25) is 5.02 Å². The third-order valence-electron chi connectivity index (χ3n) is 3.51. The second-order valence-electron chi connectivity index (χ2n) is 4.84. The van der Waals surface area contributed by atoms with Crippen molar-refractivity contribution >= 4 is 23.5 Å². The highest BCUT2D eigenvalue weighted by atomic mass is 35.5. The van der Waals surface area contributed by atoms with E-state index in [9.17, 15) is 4.79 Å². The monoisotopic (exact) mass is 277 g/mol. The SMILES string of the molecule is O=C(c1ccc(Cl)cc1)N1CCCN2CCCN=C21. The van der Waals surface area contributed by atoms with Gasteiger partial charge in [0, 0.05) is 36.8 Å². The number of guanidine groups is 1. The van der Waals surface area contributed by atoms with Gasteiger partial charge >= 0.3 is 0 Å². The van der Waals surface area contributed by atoms with Crippen molar-refractivity contribution in [3.05, 3.63) is 34.9 Å². The van der Waals surface area contributed by atoms with E-state index in [4.69, 9.17) is 11.6 Å². The number of halogens is 1. The maximum Gasteiger partial charge on any atom is 0.260 e. The van der Waals surface area contributed by atoms with Crippen molar-refractivity contribution < 1.29 is 4.79 Å². The quantitative estimate of drug-likeness (QED) is 0.789. The van der Waals surface area contributed by atoms with Crippen LogP contribution < -0.4 is 0 Å². The lowest BCUT2D eigenvalue weighted by Gasteiger charge is -2.39. The molecule has 19 heavy (non-hydrogen) atoms. The molecule has 0 N–H and O–H groups in total. The van der Waals surface area contributed by atoms with Gasteiger partial charge in [-0.15, -0.1) is 0 Å². The van der Waals surface area contributed by atoms with E-state index in [1.54, 1.807) is 29.2 Å². The predicted octanol–water partition coefficient (Wildman–Crippen LogP) is 2.25. The molecule has 0 aliphatic carbocycles. The van der Waals surface area contributed by atoms with Gasteiger partial charge in [-0.1, -0.05) is 11.6 Å². The lowest BCUT2D eigenvalue weighted by atomic mass is 10.1. The van der Waals surface area contributed by atoms with E-state index in [0.29, 0.717) is 10.6 Å². The van der Waals surface area contributed by atoms with Gasteiger partial charge in [0.1, 0.15) is 0 Å². The van der Waals surface area contributed by atoms with Gasteiger partial charge in [0.25, 0.3) is 5.91 Å². The van der Waals surface area contributed by atoms with Gasteiger partial charge in [-0.2, -0.15) is 0 Å². The molecule has 0 spiro atoms. The summed E-state index contributed by atoms with van der Waals surface area (Å²) in [5.41, 5.74) is 0.666. The number of aliphatic imine (C=N–C) groups is 1. The van der Waals surface area contributed by atoms with Gasteiger partial charge in [-0.25, -0.2) is 0 Å². The van der Waals surface area contributed by atoms with Gasteiger partial charge in [0.05, 0.1) is 0 Å². The summed E-state index contributed by atoms with van der Waals surface area (Å²) in [4.78, 5) is 21.1. The molecule has 1 fully saturated rings. The first-order valence-corrected chi connectivity index (χ1v) is 7.00. The Hall–Kier alpha value is -1.55. The number of benzene rings is 1. The molecule has 2 aliphatic rings. The molecule has 1 aromatic carbocycles. The summed E-state index contributed by atoms with van der Waals surface area (Å²) < 4.78 is 0. The molecule has 1 amide bonds. The summed E-state index contributed by atoms with van der Waals surface area (Å²) in [6.45, 7) is 3.57. The average Bonchev–Trinajstić information content (AvgIpc) is 2.47. The third kappa shape index (κ3) is 2.45. The average molecular weight is 278 g/mol. The zero-order chi connectivity index (χ0) is 13.2. The molecule has 0 aromatic heterocycles. The molecular formula is C14H16ClN3O. The normalized spacial score (nSPS) is 18.9. The maximum atomic E-state index is 12.5. The van der Waals surface area contributed by atoms with E-state index in [-0.39, 0.29) is 5.91 Å². The van der Waals surface area contributed by atoms with E-state index >= 15 is 0 Å². The smallest absolute Gasteiger partial charge is 0.260 e. The molecule has 0 saturated carbocycles. The van der Waals surface area contributed by atoms with Crippen molar-refractivity contribution in [2.45, 2.75) is 12.8 Å². The van der Waals surface area contributed by atoms with Crippen LogP contribution in [0.25, 0.3) is 0 Å². The molecule has 1 saturated heterocycles. The highest BCUT2D eigenvalue weighted by molar-refractivity contribution is 6.30. The molecule has 5 heteroatoms. The van der Waals surface area contributed by atoms with Crippen LogP contribution in [0.15, 0.2) is 29.3 Å². The standard InChI is InChI=1S/C14H16ClN3O/c15-12-5-3-11(4-6-12)13(19)18-10-2-9-17-8-1-7-16-14(17)18/h3-6H,1-2,7-10H2. The molecule has 2 heterocycles. The van der Waals surface area contributed by atoms with Gasteiger partial charge in [0.2, 0.25) is 5.96 Å². The van der Waals surface area contributed by atoms with E-state index in [1.165, 1.54) is 0 Å². The number of rotatable bonds is 1. The fraction of sp³-hybridized carbons (Fsp3) is 0.429. The Balaban J connectivity index is 1.86. The Kier molecular flexibility index (Phi) is 3.42. The molecule has 0 unspecified atom stereocenters. The first-order valence-electron chi connectivity index (χ1n) is 6.62. The highest BCUT2D eigenvalue weighted by Gasteiger charge is 2.30. The Morgan fingerprint density at radius 1 is 1.11 bits per heavy atom. The molecule has 100 valence electrons. The molecule has 2 aliphatic heterocycles. The molecular weight excluding hydrogens is 262 g/mol. The lowest BCUT2D eigenvalue weighted by Crippen LogP contribution is -2.54. The zero-order valence-electron chi connectivity index (χ0n) is 10.7. The molecule has 0 radical (unpaired) electrons. The van der Waals surface area contributed by atoms with E-state index in [1.807, 2.05) is 0 Å². The van der Waals surface area contributed by atoms with Crippen LogP contribution in [-0.2, 0) is 0 Å². The first-order chi connectivity index (χ1) is 9.25. The summed E-state index contributed by atoms with van der Waals surface area (Å²) in [5.74, 6) is 0.861. The summed E-state index contributed by atoms with van der Waals surface area (Å²) >= 11 is 5.86. The van der Waals surface area contributed by atoms with E-state index < -0.39 is 0 Å². The van der Waals surface area contributed by atoms with Gasteiger partial charge in [0.15, 0.2) is 0 Å². The summed E-state index contributed by atoms with van der Waals surface area (Å²) in [6.07, 6.45) is 2.07. The second-order valence-corrected chi connectivity index (χ2v) is 5.28. The number of amides is 1. The second kappa shape index (κ2) is 5.21. The Bertz CT molecular complexity index is 512. The lowest BCUT2D eigenvalue weighted by molar-refractivity contribution is 0.0801. The Morgan fingerprint density at radius 2 is 1.84 bits per heavy atom. The minimum atomic E-state index is 0.0158. The van der Waals surface area contributed by atoms with Crippen molar-refractivity contribution in [2.75, 3.05) is 26.2 Å². The fourth-order valence-corrected chi connectivity index (χ4v) is 2.69. The summed E-state index contributed by atoms with van der Waals surface area (Å²) in [6, 6.07) is 7.04. The van der Waals surface area contributed by atoms with E-state index in [0.717, 1.165) is 45.0 Å². The highest BCUT2D eigenvalue weighted by Crippen LogP contribution is 2.18. The Labute approximate surface area is 117 Å². The van der Waals surface area contributed by atoms with Gasteiger partial charge < -0.3 is 4.90 Å². The van der Waals surface area contributed by atoms with Crippen LogP contribution in [0, 0.1) is 0 Å². The van der Waals surface area contributed by atoms with Crippen molar-refractivity contribution in [2.24, 2.45) is 4.99 Å². The summed E-state index contributed by atoms with van der Waals surface area (Å²) in [7, 11) is 0. The third-order valence-corrected chi connectivity index (χ3v) is 3.76. The number of hydrogen-bond donors (Lipinski definition) is 0. The maximum absolute atomic E-state index is 12.5. The molecule has 4 nitrogen and oxygen atoms in total. The number of carbonyl (C=O) groups excluding carboxylic acids is 1.